The maximum atomic E-state index is 11.5. The molecular weight excluding hydrogens is 280 g/mol. The van der Waals surface area contributed by atoms with E-state index in [1.807, 2.05) is 25.8 Å². The molecule has 1 heterocycles. The molecule has 1 aromatic rings. The van der Waals surface area contributed by atoms with Crippen LogP contribution in [-0.2, 0) is 16.1 Å². The van der Waals surface area contributed by atoms with E-state index in [0.29, 0.717) is 36.6 Å². The van der Waals surface area contributed by atoms with Gasteiger partial charge in [0.25, 0.3) is 0 Å². The summed E-state index contributed by atoms with van der Waals surface area (Å²) in [5.74, 6) is 1.06. The lowest BCUT2D eigenvalue weighted by molar-refractivity contribution is -0.123. The number of amides is 1. The van der Waals surface area contributed by atoms with Crippen LogP contribution in [0.5, 0.6) is 0 Å². The lowest BCUT2D eigenvalue weighted by atomic mass is 10.1. The average molecular weight is 301 g/mol. The Morgan fingerprint density at radius 2 is 2.25 bits per heavy atom. The Balaban J connectivity index is 2.78. The Morgan fingerprint density at radius 3 is 2.85 bits per heavy atom. The van der Waals surface area contributed by atoms with E-state index in [0.717, 1.165) is 0 Å². The summed E-state index contributed by atoms with van der Waals surface area (Å²) in [6, 6.07) is 1.67. The number of nitrogens with zero attached hydrogens (tertiary/aromatic N) is 3. The fraction of sp³-hybridized carbons (Fsp3) is 0.615. The molecule has 0 spiro atoms. The molecule has 112 valence electrons. The van der Waals surface area contributed by atoms with Crippen LogP contribution in [0.3, 0.4) is 0 Å². The highest BCUT2D eigenvalue weighted by molar-refractivity contribution is 6.29. The summed E-state index contributed by atoms with van der Waals surface area (Å²) in [6.45, 7) is 5.22. The van der Waals surface area contributed by atoms with Crippen LogP contribution in [0.1, 0.15) is 19.7 Å². The zero-order chi connectivity index (χ0) is 15.1. The number of rotatable bonds is 7. The van der Waals surface area contributed by atoms with Gasteiger partial charge in [-0.1, -0.05) is 18.5 Å². The van der Waals surface area contributed by atoms with E-state index in [1.54, 1.807) is 13.1 Å². The van der Waals surface area contributed by atoms with E-state index < -0.39 is 0 Å². The van der Waals surface area contributed by atoms with E-state index >= 15 is 0 Å². The van der Waals surface area contributed by atoms with Gasteiger partial charge >= 0.3 is 0 Å². The molecule has 0 aliphatic carbocycles. The van der Waals surface area contributed by atoms with Gasteiger partial charge in [0.1, 0.15) is 17.6 Å². The van der Waals surface area contributed by atoms with E-state index in [4.69, 9.17) is 16.3 Å². The van der Waals surface area contributed by atoms with Crippen LogP contribution < -0.4 is 10.2 Å². The molecule has 0 bridgehead atoms. The summed E-state index contributed by atoms with van der Waals surface area (Å²) < 4.78 is 5.28. The van der Waals surface area contributed by atoms with Gasteiger partial charge in [-0.05, 0) is 6.92 Å². The molecule has 1 N–H and O–H groups in total. The number of halogens is 1. The molecule has 1 rings (SSSR count). The van der Waals surface area contributed by atoms with Crippen LogP contribution >= 0.6 is 11.6 Å². The average Bonchev–Trinajstić information content (AvgIpc) is 2.43. The van der Waals surface area contributed by atoms with Gasteiger partial charge in [-0.2, -0.15) is 0 Å². The van der Waals surface area contributed by atoms with E-state index in [9.17, 15) is 4.79 Å². The van der Waals surface area contributed by atoms with Crippen molar-refractivity contribution in [1.29, 1.82) is 0 Å². The molecular formula is C13H21ClN4O2. The quantitative estimate of drug-likeness (QED) is 0.773. The van der Waals surface area contributed by atoms with Crippen molar-refractivity contribution < 1.29 is 9.53 Å². The molecule has 7 heteroatoms. The molecule has 0 aliphatic heterocycles. The summed E-state index contributed by atoms with van der Waals surface area (Å²) in [5.41, 5.74) is 0. The third-order valence-electron chi connectivity index (χ3n) is 2.80. The van der Waals surface area contributed by atoms with Crippen LogP contribution in [0.2, 0.25) is 5.15 Å². The van der Waals surface area contributed by atoms with Gasteiger partial charge in [0.05, 0.1) is 5.92 Å². The van der Waals surface area contributed by atoms with Crippen LogP contribution in [0, 0.1) is 5.92 Å². The summed E-state index contributed by atoms with van der Waals surface area (Å²) >= 11 is 5.99. The lowest BCUT2D eigenvalue weighted by Crippen LogP contribution is -2.34. The molecule has 0 saturated heterocycles. The number of aromatic nitrogens is 2. The second kappa shape index (κ2) is 8.01. The normalized spacial score (nSPS) is 12.1. The highest BCUT2D eigenvalue weighted by Gasteiger charge is 2.15. The fourth-order valence-electron chi connectivity index (χ4n) is 1.74. The zero-order valence-electron chi connectivity index (χ0n) is 12.3. The summed E-state index contributed by atoms with van der Waals surface area (Å²) in [7, 11) is 3.49. The molecule has 0 aliphatic rings. The minimum absolute atomic E-state index is 0.00783. The monoisotopic (exact) mass is 300 g/mol. The van der Waals surface area contributed by atoms with Crippen molar-refractivity contribution in [3.8, 4) is 0 Å². The highest BCUT2D eigenvalue weighted by Crippen LogP contribution is 2.16. The third kappa shape index (κ3) is 4.94. The van der Waals surface area contributed by atoms with Crippen molar-refractivity contribution in [2.75, 3.05) is 32.1 Å². The fourth-order valence-corrected chi connectivity index (χ4v) is 1.93. The first-order chi connectivity index (χ1) is 9.47. The molecule has 6 nitrogen and oxygen atoms in total. The van der Waals surface area contributed by atoms with Gasteiger partial charge in [-0.25, -0.2) is 9.97 Å². The number of hydrogen-bond acceptors (Lipinski definition) is 5. The van der Waals surface area contributed by atoms with Crippen molar-refractivity contribution in [1.82, 2.24) is 15.3 Å². The second-order valence-corrected chi connectivity index (χ2v) is 4.89. The van der Waals surface area contributed by atoms with Crippen LogP contribution in [0.4, 0.5) is 5.82 Å². The summed E-state index contributed by atoms with van der Waals surface area (Å²) in [5, 5.41) is 2.99. The number of carbonyl (C=O) groups is 1. The molecule has 20 heavy (non-hydrogen) atoms. The number of anilines is 1. The predicted molar refractivity (Wildman–Crippen MR) is 78.9 cm³/mol. The number of hydrogen-bond donors (Lipinski definition) is 1. The number of nitrogens with one attached hydrogen (secondary N) is 1. The minimum atomic E-state index is -0.144. The molecule has 0 radical (unpaired) electrons. The van der Waals surface area contributed by atoms with Crippen molar-refractivity contribution in [3.05, 3.63) is 17.0 Å². The van der Waals surface area contributed by atoms with Gasteiger partial charge in [-0.3, -0.25) is 4.79 Å². The van der Waals surface area contributed by atoms with Crippen molar-refractivity contribution in [2.24, 2.45) is 5.92 Å². The maximum Gasteiger partial charge on any atom is 0.224 e. The Hall–Kier alpha value is -1.40. The topological polar surface area (TPSA) is 67.3 Å². The van der Waals surface area contributed by atoms with Gasteiger partial charge in [0.2, 0.25) is 5.91 Å². The van der Waals surface area contributed by atoms with E-state index in [1.165, 1.54) is 0 Å². The third-order valence-corrected chi connectivity index (χ3v) is 2.99. The van der Waals surface area contributed by atoms with Crippen molar-refractivity contribution >= 4 is 23.3 Å². The van der Waals surface area contributed by atoms with E-state index in [2.05, 4.69) is 15.3 Å². The van der Waals surface area contributed by atoms with Gasteiger partial charge in [0.15, 0.2) is 5.82 Å². The first-order valence-electron chi connectivity index (χ1n) is 6.51. The molecule has 0 saturated carbocycles. The number of carbonyl (C=O) groups excluding carboxylic acids is 1. The van der Waals surface area contributed by atoms with Crippen LogP contribution in [-0.4, -0.2) is 43.1 Å². The van der Waals surface area contributed by atoms with Crippen LogP contribution in [0.15, 0.2) is 6.07 Å². The molecule has 0 fully saturated rings. The highest BCUT2D eigenvalue weighted by atomic mass is 35.5. The molecule has 1 amide bonds. The first-order valence-corrected chi connectivity index (χ1v) is 6.89. The standard InChI is InChI=1S/C13H21ClN4O2/c1-5-20-8-11-16-10(14)6-12(17-11)18(4)7-9(2)13(19)15-3/h6,9H,5,7-8H2,1-4H3,(H,15,19). The first kappa shape index (κ1) is 16.7. The molecule has 1 unspecified atom stereocenters. The largest absolute Gasteiger partial charge is 0.374 e. The van der Waals surface area contributed by atoms with Crippen molar-refractivity contribution in [2.45, 2.75) is 20.5 Å². The SMILES string of the molecule is CCOCc1nc(Cl)cc(N(C)CC(C)C(=O)NC)n1. The molecule has 1 aromatic heterocycles. The van der Waals surface area contributed by atoms with E-state index in [-0.39, 0.29) is 11.8 Å². The Bertz CT molecular complexity index is 456. The smallest absolute Gasteiger partial charge is 0.224 e. The van der Waals surface area contributed by atoms with Crippen LogP contribution in [0.25, 0.3) is 0 Å². The Morgan fingerprint density at radius 1 is 1.55 bits per heavy atom. The maximum absolute atomic E-state index is 11.5. The lowest BCUT2D eigenvalue weighted by Gasteiger charge is -2.22. The zero-order valence-corrected chi connectivity index (χ0v) is 13.1. The number of ether oxygens (including phenoxy) is 1. The second-order valence-electron chi connectivity index (χ2n) is 4.50. The minimum Gasteiger partial charge on any atom is -0.374 e. The van der Waals surface area contributed by atoms with Crippen molar-refractivity contribution in [3.63, 3.8) is 0 Å². The van der Waals surface area contributed by atoms with Gasteiger partial charge in [0, 0.05) is 33.3 Å². The van der Waals surface area contributed by atoms with Gasteiger partial charge in [-0.15, -0.1) is 0 Å². The summed E-state index contributed by atoms with van der Waals surface area (Å²) in [4.78, 5) is 21.9. The Labute approximate surface area is 124 Å². The molecule has 0 aromatic carbocycles. The predicted octanol–water partition coefficient (Wildman–Crippen LogP) is 1.48. The molecule has 1 atom stereocenters. The Kier molecular flexibility index (Phi) is 6.67. The summed E-state index contributed by atoms with van der Waals surface area (Å²) in [6.07, 6.45) is 0. The van der Waals surface area contributed by atoms with Gasteiger partial charge < -0.3 is 15.0 Å².